The van der Waals surface area contributed by atoms with Crippen LogP contribution in [0, 0.1) is 0 Å². The van der Waals surface area contributed by atoms with Crippen molar-refractivity contribution >= 4 is 29.1 Å². The molecule has 3 rings (SSSR count). The number of carbonyl (C=O) groups excluding carboxylic acids is 1. The summed E-state index contributed by atoms with van der Waals surface area (Å²) in [4.78, 5) is 41.0. The lowest BCUT2D eigenvalue weighted by Gasteiger charge is -2.18. The van der Waals surface area contributed by atoms with Gasteiger partial charge in [-0.25, -0.2) is 14.2 Å². The van der Waals surface area contributed by atoms with Crippen molar-refractivity contribution in [1.29, 1.82) is 0 Å². The van der Waals surface area contributed by atoms with E-state index >= 15 is 0 Å². The number of nitrogens with one attached hydrogen (secondary N) is 2. The van der Waals surface area contributed by atoms with Crippen molar-refractivity contribution in [3.05, 3.63) is 80.1 Å². The standard InChI is InChI=1S/C24H25ClF3N5O4/c1-15(24(26,27)28)37-20-10-8-19(9-11-20)30-21-31-22(35)32(13-3-12-29-16(2)34)23(36)33(21)14-17-4-6-18(25)7-5-17/h4-11,15H,3,12-14H2,1-2H3,(H,29,34)(H,30,31,35)/t15-/m1/s1. The second-order valence-electron chi connectivity index (χ2n) is 8.15. The molecule has 0 aliphatic heterocycles. The molecule has 1 aromatic heterocycles. The summed E-state index contributed by atoms with van der Waals surface area (Å²) in [5, 5.41) is 6.00. The van der Waals surface area contributed by atoms with Crippen molar-refractivity contribution in [2.24, 2.45) is 0 Å². The van der Waals surface area contributed by atoms with Crippen LogP contribution in [0.1, 0.15) is 25.8 Å². The first-order valence-corrected chi connectivity index (χ1v) is 11.6. The molecule has 9 nitrogen and oxygen atoms in total. The molecular formula is C24H25ClF3N5O4. The maximum Gasteiger partial charge on any atom is 0.425 e. The third kappa shape index (κ3) is 7.84. The molecule has 0 radical (unpaired) electrons. The van der Waals surface area contributed by atoms with Crippen molar-refractivity contribution in [2.45, 2.75) is 45.6 Å². The van der Waals surface area contributed by atoms with E-state index in [1.165, 1.54) is 35.8 Å². The van der Waals surface area contributed by atoms with Crippen LogP contribution in [0.2, 0.25) is 5.02 Å². The number of alkyl halides is 3. The third-order valence-electron chi connectivity index (χ3n) is 5.22. The van der Waals surface area contributed by atoms with Crippen LogP contribution in [-0.2, 0) is 17.9 Å². The molecule has 0 aliphatic rings. The molecule has 1 amide bonds. The molecule has 1 atom stereocenters. The Labute approximate surface area is 214 Å². The molecule has 3 aromatic rings. The molecule has 0 saturated heterocycles. The van der Waals surface area contributed by atoms with E-state index in [9.17, 15) is 27.6 Å². The Bertz CT molecular complexity index is 1340. The Morgan fingerprint density at radius 1 is 1.08 bits per heavy atom. The highest BCUT2D eigenvalue weighted by Crippen LogP contribution is 2.26. The normalized spacial score (nSPS) is 12.2. The van der Waals surface area contributed by atoms with Crippen LogP contribution in [0.4, 0.5) is 24.8 Å². The monoisotopic (exact) mass is 539 g/mol. The second-order valence-corrected chi connectivity index (χ2v) is 8.59. The van der Waals surface area contributed by atoms with Gasteiger partial charge in [0, 0.05) is 30.7 Å². The van der Waals surface area contributed by atoms with E-state index in [0.29, 0.717) is 22.7 Å². The van der Waals surface area contributed by atoms with Crippen LogP contribution in [0.15, 0.2) is 58.1 Å². The molecule has 2 aromatic carbocycles. The van der Waals surface area contributed by atoms with Crippen LogP contribution in [0.5, 0.6) is 5.75 Å². The average molecular weight is 540 g/mol. The Morgan fingerprint density at radius 2 is 1.73 bits per heavy atom. The number of nitrogens with zero attached hydrogens (tertiary/aromatic N) is 3. The number of hydrogen-bond donors (Lipinski definition) is 2. The first-order chi connectivity index (χ1) is 17.4. The molecule has 13 heteroatoms. The largest absolute Gasteiger partial charge is 0.481 e. The summed E-state index contributed by atoms with van der Waals surface area (Å²) in [5.74, 6) is -0.286. The highest BCUT2D eigenvalue weighted by molar-refractivity contribution is 6.30. The summed E-state index contributed by atoms with van der Waals surface area (Å²) in [6.07, 6.45) is -6.16. The Hall–Kier alpha value is -3.80. The fourth-order valence-electron chi connectivity index (χ4n) is 3.25. The summed E-state index contributed by atoms with van der Waals surface area (Å²) >= 11 is 5.95. The molecular weight excluding hydrogens is 515 g/mol. The van der Waals surface area contributed by atoms with Crippen LogP contribution in [0.25, 0.3) is 0 Å². The number of halogens is 4. The molecule has 0 spiro atoms. The van der Waals surface area contributed by atoms with Crippen molar-refractivity contribution in [1.82, 2.24) is 19.4 Å². The molecule has 1 heterocycles. The zero-order valence-corrected chi connectivity index (χ0v) is 20.8. The average Bonchev–Trinajstić information content (AvgIpc) is 2.82. The van der Waals surface area contributed by atoms with E-state index in [1.807, 2.05) is 0 Å². The molecule has 0 unspecified atom stereocenters. The topological polar surface area (TPSA) is 107 Å². The van der Waals surface area contributed by atoms with Gasteiger partial charge < -0.3 is 15.4 Å². The van der Waals surface area contributed by atoms with Crippen molar-refractivity contribution in [3.8, 4) is 5.75 Å². The lowest BCUT2D eigenvalue weighted by Crippen LogP contribution is -2.43. The minimum atomic E-state index is -4.51. The van der Waals surface area contributed by atoms with Crippen LogP contribution < -0.4 is 26.7 Å². The number of benzene rings is 2. The summed E-state index contributed by atoms with van der Waals surface area (Å²) < 4.78 is 45.4. The van der Waals surface area contributed by atoms with Gasteiger partial charge in [-0.2, -0.15) is 18.2 Å². The van der Waals surface area contributed by atoms with Crippen molar-refractivity contribution < 1.29 is 22.7 Å². The Morgan fingerprint density at radius 3 is 2.32 bits per heavy atom. The maximum atomic E-state index is 13.3. The van der Waals surface area contributed by atoms with Crippen molar-refractivity contribution in [3.63, 3.8) is 0 Å². The molecule has 0 aliphatic carbocycles. The van der Waals surface area contributed by atoms with Gasteiger partial charge in [-0.05, 0) is 55.3 Å². The molecule has 0 saturated carbocycles. The lowest BCUT2D eigenvalue weighted by atomic mass is 10.2. The van der Waals surface area contributed by atoms with E-state index in [0.717, 1.165) is 11.5 Å². The Balaban J connectivity index is 1.89. The van der Waals surface area contributed by atoms with Gasteiger partial charge >= 0.3 is 17.6 Å². The third-order valence-corrected chi connectivity index (χ3v) is 5.47. The number of aromatic nitrogens is 3. The first kappa shape index (κ1) is 27.8. The van der Waals surface area contributed by atoms with Crippen LogP contribution in [0.3, 0.4) is 0 Å². The van der Waals surface area contributed by atoms with E-state index < -0.39 is 23.7 Å². The minimum Gasteiger partial charge on any atom is -0.481 e. The molecule has 2 N–H and O–H groups in total. The summed E-state index contributed by atoms with van der Waals surface area (Å²) in [5.41, 5.74) is -0.336. The number of hydrogen-bond acceptors (Lipinski definition) is 6. The lowest BCUT2D eigenvalue weighted by molar-refractivity contribution is -0.189. The first-order valence-electron chi connectivity index (χ1n) is 11.2. The van der Waals surface area contributed by atoms with Gasteiger partial charge in [-0.3, -0.25) is 9.36 Å². The van der Waals surface area contributed by atoms with E-state index in [4.69, 9.17) is 16.3 Å². The van der Waals surface area contributed by atoms with Gasteiger partial charge in [0.1, 0.15) is 5.75 Å². The quantitative estimate of drug-likeness (QED) is 0.380. The van der Waals surface area contributed by atoms with Crippen LogP contribution >= 0.6 is 11.6 Å². The van der Waals surface area contributed by atoms with Gasteiger partial charge in [0.15, 0.2) is 6.10 Å². The van der Waals surface area contributed by atoms with Gasteiger partial charge in [-0.15, -0.1) is 0 Å². The highest BCUT2D eigenvalue weighted by Gasteiger charge is 2.38. The number of rotatable bonds is 10. The predicted molar refractivity (Wildman–Crippen MR) is 132 cm³/mol. The number of carbonyl (C=O) groups is 1. The summed E-state index contributed by atoms with van der Waals surface area (Å²) in [6.45, 7) is 2.64. The van der Waals surface area contributed by atoms with Gasteiger partial charge in [0.05, 0.1) is 6.54 Å². The second kappa shape index (κ2) is 12.0. The minimum absolute atomic E-state index is 0.00326. The fourth-order valence-corrected chi connectivity index (χ4v) is 3.38. The van der Waals surface area contributed by atoms with Gasteiger partial charge in [0.2, 0.25) is 11.9 Å². The van der Waals surface area contributed by atoms with E-state index in [-0.39, 0.29) is 37.2 Å². The molecule has 0 bridgehead atoms. The smallest absolute Gasteiger partial charge is 0.425 e. The van der Waals surface area contributed by atoms with Crippen LogP contribution in [-0.4, -0.2) is 38.9 Å². The summed E-state index contributed by atoms with van der Waals surface area (Å²) in [7, 11) is 0. The molecule has 0 fully saturated rings. The maximum absolute atomic E-state index is 13.3. The van der Waals surface area contributed by atoms with Gasteiger partial charge in [-0.1, -0.05) is 23.7 Å². The van der Waals surface area contributed by atoms with E-state index in [1.54, 1.807) is 24.3 Å². The van der Waals surface area contributed by atoms with E-state index in [2.05, 4.69) is 15.6 Å². The number of anilines is 2. The zero-order chi connectivity index (χ0) is 27.2. The Kier molecular flexibility index (Phi) is 8.98. The SMILES string of the molecule is CC(=O)NCCCn1c(=O)nc(Nc2ccc(O[C@H](C)C(F)(F)F)cc2)n(Cc2ccc(Cl)cc2)c1=O. The highest BCUT2D eigenvalue weighted by atomic mass is 35.5. The predicted octanol–water partition coefficient (Wildman–Crippen LogP) is 3.71. The fraction of sp³-hybridized carbons (Fsp3) is 0.333. The van der Waals surface area contributed by atoms with Gasteiger partial charge in [0.25, 0.3) is 0 Å². The molecule has 37 heavy (non-hydrogen) atoms. The number of amides is 1. The summed E-state index contributed by atoms with van der Waals surface area (Å²) in [6, 6.07) is 12.3. The zero-order valence-electron chi connectivity index (χ0n) is 20.0. The number of ether oxygens (including phenoxy) is 1. The van der Waals surface area contributed by atoms with Crippen molar-refractivity contribution in [2.75, 3.05) is 11.9 Å². The molecule has 198 valence electrons.